The Labute approximate surface area is 120 Å². The summed E-state index contributed by atoms with van der Waals surface area (Å²) in [5.41, 5.74) is 0.100. The number of rotatable bonds is 9. The van der Waals surface area contributed by atoms with Crippen molar-refractivity contribution >= 4 is 15.8 Å². The molecule has 0 spiro atoms. The monoisotopic (exact) mass is 298 g/mol. The first-order chi connectivity index (χ1) is 9.47. The summed E-state index contributed by atoms with van der Waals surface area (Å²) in [6, 6.07) is 5.40. The molecule has 5 heteroatoms. The van der Waals surface area contributed by atoms with Crippen molar-refractivity contribution in [1.29, 1.82) is 0 Å². The summed E-state index contributed by atoms with van der Waals surface area (Å²) >= 11 is 0. The molecule has 20 heavy (non-hydrogen) atoms. The molecule has 0 aromatic heterocycles. The van der Waals surface area contributed by atoms with Crippen LogP contribution in [0.15, 0.2) is 29.2 Å². The van der Waals surface area contributed by atoms with Crippen LogP contribution in [0.4, 0.5) is 0 Å². The Balaban J connectivity index is 2.49. The number of hydrogen-bond acceptors (Lipinski definition) is 3. The van der Waals surface area contributed by atoms with Crippen molar-refractivity contribution in [3.8, 4) is 0 Å². The standard InChI is InChI=1S/C15H22O4S/c1-2-3-4-5-6-7-12-20(18,19)14-10-8-13(9-11-14)15(16)17/h8-11H,2-7,12H2,1H3,(H,16,17). The third kappa shape index (κ3) is 5.33. The van der Waals surface area contributed by atoms with Gasteiger partial charge in [0.25, 0.3) is 0 Å². The fourth-order valence-corrected chi connectivity index (χ4v) is 3.37. The fraction of sp³-hybridized carbons (Fsp3) is 0.533. The normalized spacial score (nSPS) is 11.4. The van der Waals surface area contributed by atoms with Crippen LogP contribution in [0.5, 0.6) is 0 Å². The molecule has 0 aliphatic carbocycles. The zero-order valence-corrected chi connectivity index (χ0v) is 12.7. The van der Waals surface area contributed by atoms with Gasteiger partial charge in [-0.25, -0.2) is 13.2 Å². The second kappa shape index (κ2) is 8.04. The third-order valence-electron chi connectivity index (χ3n) is 3.23. The van der Waals surface area contributed by atoms with Gasteiger partial charge in [0.1, 0.15) is 0 Å². The van der Waals surface area contributed by atoms with Crippen LogP contribution in [0.2, 0.25) is 0 Å². The maximum atomic E-state index is 12.1. The number of hydrogen-bond donors (Lipinski definition) is 1. The highest BCUT2D eigenvalue weighted by molar-refractivity contribution is 7.91. The topological polar surface area (TPSA) is 71.4 Å². The van der Waals surface area contributed by atoms with Gasteiger partial charge in [-0.3, -0.25) is 0 Å². The SMILES string of the molecule is CCCCCCCCS(=O)(=O)c1ccc(C(=O)O)cc1. The Hall–Kier alpha value is -1.36. The highest BCUT2D eigenvalue weighted by Crippen LogP contribution is 2.15. The molecule has 0 unspecified atom stereocenters. The molecule has 0 aliphatic rings. The van der Waals surface area contributed by atoms with Gasteiger partial charge in [-0.15, -0.1) is 0 Å². The zero-order chi connectivity index (χ0) is 15.0. The van der Waals surface area contributed by atoms with Gasteiger partial charge < -0.3 is 5.11 Å². The van der Waals surface area contributed by atoms with Crippen molar-refractivity contribution in [2.75, 3.05) is 5.75 Å². The van der Waals surface area contributed by atoms with Crippen LogP contribution in [0.3, 0.4) is 0 Å². The Morgan fingerprint density at radius 2 is 1.55 bits per heavy atom. The summed E-state index contributed by atoms with van der Waals surface area (Å²) in [6.07, 6.45) is 6.18. The minimum atomic E-state index is -3.29. The molecule has 1 aromatic carbocycles. The maximum absolute atomic E-state index is 12.1. The minimum Gasteiger partial charge on any atom is -0.478 e. The Morgan fingerprint density at radius 3 is 2.10 bits per heavy atom. The van der Waals surface area contributed by atoms with Crippen LogP contribution in [-0.2, 0) is 9.84 Å². The highest BCUT2D eigenvalue weighted by atomic mass is 32.2. The van der Waals surface area contributed by atoms with E-state index >= 15 is 0 Å². The van der Waals surface area contributed by atoms with Crippen LogP contribution in [0.1, 0.15) is 55.8 Å². The Bertz CT molecular complexity index is 517. The summed E-state index contributed by atoms with van der Waals surface area (Å²) in [7, 11) is -3.29. The maximum Gasteiger partial charge on any atom is 0.335 e. The Kier molecular flexibility index (Phi) is 6.71. The number of benzene rings is 1. The van der Waals surface area contributed by atoms with Gasteiger partial charge in [0.15, 0.2) is 9.84 Å². The summed E-state index contributed by atoms with van der Waals surface area (Å²) in [5, 5.41) is 8.77. The van der Waals surface area contributed by atoms with Crippen molar-refractivity contribution in [2.45, 2.75) is 50.3 Å². The average Bonchev–Trinajstić information content (AvgIpc) is 2.43. The van der Waals surface area contributed by atoms with Crippen molar-refractivity contribution in [3.05, 3.63) is 29.8 Å². The van der Waals surface area contributed by atoms with Gasteiger partial charge >= 0.3 is 5.97 Å². The molecule has 1 rings (SSSR count). The number of carboxylic acid groups (broad SMARTS) is 1. The molecule has 1 aromatic rings. The molecule has 4 nitrogen and oxygen atoms in total. The van der Waals surface area contributed by atoms with Crippen molar-refractivity contribution < 1.29 is 18.3 Å². The lowest BCUT2D eigenvalue weighted by molar-refractivity contribution is 0.0696. The number of sulfone groups is 1. The average molecular weight is 298 g/mol. The fourth-order valence-electron chi connectivity index (χ4n) is 2.00. The predicted octanol–water partition coefficient (Wildman–Crippen LogP) is 3.52. The van der Waals surface area contributed by atoms with E-state index in [0.29, 0.717) is 6.42 Å². The van der Waals surface area contributed by atoms with E-state index in [0.717, 1.165) is 19.3 Å². The van der Waals surface area contributed by atoms with E-state index in [-0.39, 0.29) is 16.2 Å². The van der Waals surface area contributed by atoms with Crippen LogP contribution in [0.25, 0.3) is 0 Å². The lowest BCUT2D eigenvalue weighted by Gasteiger charge is -2.05. The number of carboxylic acids is 1. The molecule has 0 aliphatic heterocycles. The molecule has 0 heterocycles. The van der Waals surface area contributed by atoms with Gasteiger partial charge in [0.05, 0.1) is 16.2 Å². The number of unbranched alkanes of at least 4 members (excludes halogenated alkanes) is 5. The molecular weight excluding hydrogens is 276 g/mol. The largest absolute Gasteiger partial charge is 0.478 e. The summed E-state index contributed by atoms with van der Waals surface area (Å²) < 4.78 is 24.1. The molecular formula is C15H22O4S. The zero-order valence-electron chi connectivity index (χ0n) is 11.8. The second-order valence-corrected chi connectivity index (χ2v) is 7.03. The number of aromatic carboxylic acids is 1. The van der Waals surface area contributed by atoms with E-state index in [9.17, 15) is 13.2 Å². The lowest BCUT2D eigenvalue weighted by atomic mass is 10.1. The van der Waals surface area contributed by atoms with E-state index in [1.165, 1.54) is 37.1 Å². The van der Waals surface area contributed by atoms with Crippen LogP contribution in [0, 0.1) is 0 Å². The van der Waals surface area contributed by atoms with E-state index < -0.39 is 15.8 Å². The second-order valence-electron chi connectivity index (χ2n) is 4.92. The molecule has 0 saturated carbocycles. The van der Waals surface area contributed by atoms with E-state index in [1.54, 1.807) is 0 Å². The van der Waals surface area contributed by atoms with E-state index in [2.05, 4.69) is 6.92 Å². The van der Waals surface area contributed by atoms with Gasteiger partial charge in [-0.1, -0.05) is 39.0 Å². The lowest BCUT2D eigenvalue weighted by Crippen LogP contribution is -2.07. The summed E-state index contributed by atoms with van der Waals surface area (Å²) in [5.74, 6) is -0.921. The predicted molar refractivity (Wildman–Crippen MR) is 78.8 cm³/mol. The highest BCUT2D eigenvalue weighted by Gasteiger charge is 2.14. The molecule has 1 N–H and O–H groups in total. The van der Waals surface area contributed by atoms with E-state index in [4.69, 9.17) is 5.11 Å². The molecule has 0 amide bonds. The quantitative estimate of drug-likeness (QED) is 0.708. The van der Waals surface area contributed by atoms with Crippen LogP contribution < -0.4 is 0 Å². The smallest absolute Gasteiger partial charge is 0.335 e. The minimum absolute atomic E-state index is 0.100. The Morgan fingerprint density at radius 1 is 1.00 bits per heavy atom. The van der Waals surface area contributed by atoms with Gasteiger partial charge in [-0.05, 0) is 30.7 Å². The first-order valence-electron chi connectivity index (χ1n) is 7.03. The molecule has 0 radical (unpaired) electrons. The molecule has 0 fully saturated rings. The molecule has 0 atom stereocenters. The summed E-state index contributed by atoms with van der Waals surface area (Å²) in [6.45, 7) is 2.14. The third-order valence-corrected chi connectivity index (χ3v) is 5.04. The van der Waals surface area contributed by atoms with E-state index in [1.807, 2.05) is 0 Å². The van der Waals surface area contributed by atoms with Gasteiger partial charge in [0, 0.05) is 0 Å². The molecule has 112 valence electrons. The first-order valence-corrected chi connectivity index (χ1v) is 8.68. The molecule has 0 saturated heterocycles. The van der Waals surface area contributed by atoms with Gasteiger partial charge in [0.2, 0.25) is 0 Å². The first kappa shape index (κ1) is 16.7. The van der Waals surface area contributed by atoms with Crippen LogP contribution in [-0.4, -0.2) is 25.2 Å². The number of carbonyl (C=O) groups is 1. The molecule has 0 bridgehead atoms. The van der Waals surface area contributed by atoms with Crippen molar-refractivity contribution in [1.82, 2.24) is 0 Å². The van der Waals surface area contributed by atoms with Gasteiger partial charge in [-0.2, -0.15) is 0 Å². The van der Waals surface area contributed by atoms with Crippen molar-refractivity contribution in [3.63, 3.8) is 0 Å². The summed E-state index contributed by atoms with van der Waals surface area (Å²) in [4.78, 5) is 10.9. The van der Waals surface area contributed by atoms with Crippen molar-refractivity contribution in [2.24, 2.45) is 0 Å². The van der Waals surface area contributed by atoms with Crippen LogP contribution >= 0.6 is 0 Å².